The van der Waals surface area contributed by atoms with Crippen LogP contribution in [0.25, 0.3) is 0 Å². The van der Waals surface area contributed by atoms with Crippen LogP contribution in [0.3, 0.4) is 0 Å². The van der Waals surface area contributed by atoms with E-state index in [1.54, 1.807) is 0 Å². The molecule has 0 amide bonds. The summed E-state index contributed by atoms with van der Waals surface area (Å²) in [7, 11) is -4.72. The highest BCUT2D eigenvalue weighted by Gasteiger charge is 2.28. The van der Waals surface area contributed by atoms with Gasteiger partial charge in [-0.1, -0.05) is 231 Å². The summed E-state index contributed by atoms with van der Waals surface area (Å²) in [5, 5.41) is 8.92. The van der Waals surface area contributed by atoms with E-state index in [0.717, 1.165) is 57.8 Å². The fraction of sp³-hybridized carbons (Fsp3) is 0.904. The van der Waals surface area contributed by atoms with Crippen LogP contribution >= 0.6 is 7.82 Å². The fourth-order valence-electron chi connectivity index (χ4n) is 7.83. The molecule has 0 bridgehead atoms. The number of carbonyl (C=O) groups excluding carboxylic acids is 2. The molecule has 0 radical (unpaired) electrons. The maximum absolute atomic E-state index is 12.7. The van der Waals surface area contributed by atoms with Gasteiger partial charge in [-0.15, -0.1) is 0 Å². The second-order valence-corrected chi connectivity index (χ2v) is 19.8. The van der Waals surface area contributed by atoms with Gasteiger partial charge in [0, 0.05) is 12.8 Å². The number of rotatable bonds is 51. The van der Waals surface area contributed by atoms with Crippen molar-refractivity contribution in [3.05, 3.63) is 12.2 Å². The molecular weight excluding hydrogens is 830 g/mol. The number of allylic oxidation sites excluding steroid dienone is 2. The van der Waals surface area contributed by atoms with E-state index in [1.807, 2.05) is 0 Å². The topological polar surface area (TPSA) is 172 Å². The number of phosphoric ester groups is 1. The van der Waals surface area contributed by atoms with Crippen LogP contribution in [-0.2, 0) is 37.5 Å². The Morgan fingerprint density at radius 1 is 0.469 bits per heavy atom. The van der Waals surface area contributed by atoms with Gasteiger partial charge in [-0.05, 0) is 38.5 Å². The fourth-order valence-corrected chi connectivity index (χ4v) is 8.61. The minimum atomic E-state index is -4.72. The minimum Gasteiger partial charge on any atom is -0.480 e. The molecule has 0 spiro atoms. The van der Waals surface area contributed by atoms with Gasteiger partial charge >= 0.3 is 25.7 Å². The van der Waals surface area contributed by atoms with Gasteiger partial charge in [0.05, 0.1) is 13.2 Å². The Kier molecular flexibility index (Phi) is 46.4. The molecule has 4 N–H and O–H groups in total. The average molecular weight is 930 g/mol. The lowest BCUT2D eigenvalue weighted by Gasteiger charge is -2.20. The Morgan fingerprint density at radius 3 is 1.14 bits per heavy atom. The lowest BCUT2D eigenvalue weighted by Crippen LogP contribution is -2.34. The molecule has 0 saturated heterocycles. The molecule has 11 nitrogen and oxygen atoms in total. The molecule has 3 unspecified atom stereocenters. The first-order chi connectivity index (χ1) is 31.1. The van der Waals surface area contributed by atoms with Gasteiger partial charge in [-0.25, -0.2) is 4.57 Å². The predicted octanol–water partition coefficient (Wildman–Crippen LogP) is 15.2. The number of aliphatic carboxylic acids is 1. The number of phosphoric acid groups is 1. The quantitative estimate of drug-likeness (QED) is 0.0229. The number of unbranched alkanes of at least 4 members (excludes halogenated alkanes) is 35. The molecule has 0 saturated carbocycles. The van der Waals surface area contributed by atoms with E-state index in [9.17, 15) is 23.8 Å². The number of carboxylic acids is 1. The monoisotopic (exact) mass is 930 g/mol. The SMILES string of the molecule is CCCCCCCCC/C=C\CCCCCCCC(=O)OC(COC(=O)CCCCCCCCCCCCCCCCCCCCCCCCCC)COP(=O)(O)OCC(N)C(=O)O. The van der Waals surface area contributed by atoms with Crippen LogP contribution < -0.4 is 5.73 Å². The van der Waals surface area contributed by atoms with E-state index in [2.05, 4.69) is 30.5 Å². The number of esters is 2. The smallest absolute Gasteiger partial charge is 0.472 e. The standard InChI is InChI=1S/C52H100NO10P/c1-3-5-7-9-11-13-15-17-19-21-22-23-24-25-26-27-28-30-31-33-35-37-39-41-43-50(54)60-45-48(46-61-64(58,59)62-47-49(53)52(56)57)63-51(55)44-42-40-38-36-34-32-29-20-18-16-14-12-10-8-6-4-2/h20,29,48-49H,3-19,21-28,30-47,53H2,1-2H3,(H,56,57)(H,58,59)/b29-20-. The third-order valence-corrected chi connectivity index (χ3v) is 13.0. The molecule has 0 fully saturated rings. The van der Waals surface area contributed by atoms with E-state index in [1.165, 1.54) is 173 Å². The molecule has 0 aromatic heterocycles. The van der Waals surface area contributed by atoms with Gasteiger partial charge in [0.2, 0.25) is 0 Å². The third-order valence-electron chi connectivity index (χ3n) is 12.0. The van der Waals surface area contributed by atoms with E-state index in [-0.39, 0.29) is 19.4 Å². The molecule has 0 aromatic carbocycles. The van der Waals surface area contributed by atoms with Crippen LogP contribution in [0.5, 0.6) is 0 Å². The largest absolute Gasteiger partial charge is 0.480 e. The summed E-state index contributed by atoms with van der Waals surface area (Å²) < 4.78 is 32.9. The molecule has 0 rings (SSSR count). The van der Waals surface area contributed by atoms with E-state index in [4.69, 9.17) is 24.8 Å². The van der Waals surface area contributed by atoms with Gasteiger partial charge < -0.3 is 25.2 Å². The number of ether oxygens (including phenoxy) is 2. The molecule has 0 aliphatic carbocycles. The molecule has 0 aliphatic rings. The summed E-state index contributed by atoms with van der Waals surface area (Å²) in [5.41, 5.74) is 5.35. The van der Waals surface area contributed by atoms with E-state index in [0.29, 0.717) is 12.8 Å². The summed E-state index contributed by atoms with van der Waals surface area (Å²) in [4.78, 5) is 46.2. The normalized spacial score (nSPS) is 13.6. The maximum Gasteiger partial charge on any atom is 0.472 e. The Morgan fingerprint density at radius 2 is 0.781 bits per heavy atom. The molecule has 12 heteroatoms. The molecular formula is C52H100NO10P. The summed E-state index contributed by atoms with van der Waals surface area (Å²) in [6, 6.07) is -1.52. The van der Waals surface area contributed by atoms with Crippen molar-refractivity contribution in [2.24, 2.45) is 5.73 Å². The van der Waals surface area contributed by atoms with Crippen molar-refractivity contribution >= 4 is 25.7 Å². The third kappa shape index (κ3) is 46.7. The average Bonchev–Trinajstić information content (AvgIpc) is 3.27. The van der Waals surface area contributed by atoms with Crippen molar-refractivity contribution in [3.8, 4) is 0 Å². The lowest BCUT2D eigenvalue weighted by molar-refractivity contribution is -0.161. The number of carboxylic acid groups (broad SMARTS) is 1. The second-order valence-electron chi connectivity index (χ2n) is 18.4. The maximum atomic E-state index is 12.7. The highest BCUT2D eigenvalue weighted by molar-refractivity contribution is 7.47. The van der Waals surface area contributed by atoms with Gasteiger partial charge in [-0.3, -0.25) is 23.4 Å². The second kappa shape index (κ2) is 47.7. The Balaban J connectivity index is 4.14. The van der Waals surface area contributed by atoms with Crippen LogP contribution in [0.4, 0.5) is 0 Å². The number of hydrogen-bond donors (Lipinski definition) is 3. The van der Waals surface area contributed by atoms with Crippen molar-refractivity contribution in [3.63, 3.8) is 0 Å². The van der Waals surface area contributed by atoms with Crippen LogP contribution in [0.15, 0.2) is 12.2 Å². The highest BCUT2D eigenvalue weighted by atomic mass is 31.2. The molecule has 378 valence electrons. The van der Waals surface area contributed by atoms with Crippen molar-refractivity contribution in [2.45, 2.75) is 283 Å². The number of hydrogen-bond acceptors (Lipinski definition) is 9. The zero-order valence-electron chi connectivity index (χ0n) is 41.4. The first-order valence-electron chi connectivity index (χ1n) is 26.7. The molecule has 3 atom stereocenters. The zero-order valence-corrected chi connectivity index (χ0v) is 42.3. The predicted molar refractivity (Wildman–Crippen MR) is 263 cm³/mol. The van der Waals surface area contributed by atoms with Gasteiger partial charge in [0.25, 0.3) is 0 Å². The Bertz CT molecular complexity index is 1140. The van der Waals surface area contributed by atoms with Crippen LogP contribution in [0.1, 0.15) is 271 Å². The van der Waals surface area contributed by atoms with Gasteiger partial charge in [-0.2, -0.15) is 0 Å². The highest BCUT2D eigenvalue weighted by Crippen LogP contribution is 2.43. The number of nitrogens with two attached hydrogens (primary N) is 1. The minimum absolute atomic E-state index is 0.156. The van der Waals surface area contributed by atoms with Gasteiger partial charge in [0.15, 0.2) is 6.10 Å². The van der Waals surface area contributed by atoms with Crippen molar-refractivity contribution in [2.75, 3.05) is 19.8 Å². The zero-order chi connectivity index (χ0) is 47.0. The summed E-state index contributed by atoms with van der Waals surface area (Å²) in [6.45, 7) is 2.85. The van der Waals surface area contributed by atoms with Crippen molar-refractivity contribution in [1.82, 2.24) is 0 Å². The summed E-state index contributed by atoms with van der Waals surface area (Å²) in [6.07, 6.45) is 51.4. The van der Waals surface area contributed by atoms with E-state index < -0.39 is 51.1 Å². The van der Waals surface area contributed by atoms with Crippen molar-refractivity contribution in [1.29, 1.82) is 0 Å². The molecule has 0 aliphatic heterocycles. The van der Waals surface area contributed by atoms with Crippen molar-refractivity contribution < 1.29 is 47.5 Å². The lowest BCUT2D eigenvalue weighted by atomic mass is 10.0. The first kappa shape index (κ1) is 62.2. The molecule has 64 heavy (non-hydrogen) atoms. The Hall–Kier alpha value is -1.78. The Labute approximate surface area is 392 Å². The molecule has 0 aromatic rings. The number of carbonyl (C=O) groups is 3. The summed E-state index contributed by atoms with van der Waals surface area (Å²) in [5.74, 6) is -2.37. The van der Waals surface area contributed by atoms with Crippen LogP contribution in [0.2, 0.25) is 0 Å². The van der Waals surface area contributed by atoms with Crippen LogP contribution in [0, 0.1) is 0 Å². The van der Waals surface area contributed by atoms with Gasteiger partial charge in [0.1, 0.15) is 12.6 Å². The molecule has 0 heterocycles. The van der Waals surface area contributed by atoms with E-state index >= 15 is 0 Å². The first-order valence-corrected chi connectivity index (χ1v) is 28.2. The van der Waals surface area contributed by atoms with Crippen LogP contribution in [-0.4, -0.2) is 59.9 Å². The summed E-state index contributed by atoms with van der Waals surface area (Å²) >= 11 is 0.